The molecule has 0 bridgehead atoms. The van der Waals surface area contributed by atoms with E-state index in [-0.39, 0.29) is 1.43 Å². The number of aryl methyl sites for hydroxylation is 2. The van der Waals surface area contributed by atoms with Gasteiger partial charge in [-0.15, -0.1) is 0 Å². The molecule has 0 aliphatic carbocycles. The number of hydrogen-bond donors (Lipinski definition) is 1. The van der Waals surface area contributed by atoms with Gasteiger partial charge in [-0.05, 0) is 31.5 Å². The molecule has 2 aromatic carbocycles. The lowest BCUT2D eigenvalue weighted by atomic mass is 10.1. The van der Waals surface area contributed by atoms with Crippen LogP contribution in [0.2, 0.25) is 0 Å². The van der Waals surface area contributed by atoms with E-state index in [1.54, 1.807) is 0 Å². The summed E-state index contributed by atoms with van der Waals surface area (Å²) in [6.07, 6.45) is 0. The van der Waals surface area contributed by atoms with Crippen molar-refractivity contribution in [3.05, 3.63) is 53.6 Å². The largest absolute Gasteiger partial charge is 0.338 e. The molecule has 0 aliphatic rings. The maximum atomic E-state index is 4.60. The van der Waals surface area contributed by atoms with E-state index >= 15 is 0 Å². The summed E-state index contributed by atoms with van der Waals surface area (Å²) >= 11 is 0. The Morgan fingerprint density at radius 1 is 0.941 bits per heavy atom. The van der Waals surface area contributed by atoms with E-state index in [0.29, 0.717) is 0 Å². The third kappa shape index (κ3) is 1.82. The van der Waals surface area contributed by atoms with Gasteiger partial charge in [-0.3, -0.25) is 0 Å². The maximum Gasteiger partial charge on any atom is 0.138 e. The number of nitrogens with zero attached hydrogens (tertiary/aromatic N) is 1. The molecular formula is C15H16N2. The summed E-state index contributed by atoms with van der Waals surface area (Å²) in [5, 5.41) is 0. The molecule has 2 heteroatoms. The van der Waals surface area contributed by atoms with Crippen molar-refractivity contribution >= 4 is 11.0 Å². The van der Waals surface area contributed by atoms with Crippen LogP contribution in [0.5, 0.6) is 0 Å². The average Bonchev–Trinajstić information content (AvgIpc) is 2.72. The highest BCUT2D eigenvalue weighted by Crippen LogP contribution is 2.21. The molecule has 0 unspecified atom stereocenters. The molecule has 0 amide bonds. The van der Waals surface area contributed by atoms with Crippen LogP contribution in [-0.4, -0.2) is 9.97 Å². The Hall–Kier alpha value is -2.09. The zero-order chi connectivity index (χ0) is 11.8. The van der Waals surface area contributed by atoms with E-state index in [9.17, 15) is 0 Å². The predicted octanol–water partition coefficient (Wildman–Crippen LogP) is 4.09. The lowest BCUT2D eigenvalue weighted by Crippen LogP contribution is -1.80. The minimum absolute atomic E-state index is 0. The Kier molecular flexibility index (Phi) is 2.22. The lowest BCUT2D eigenvalue weighted by Gasteiger charge is -1.96. The zero-order valence-electron chi connectivity index (χ0n) is 9.99. The fourth-order valence-electron chi connectivity index (χ4n) is 1.97. The van der Waals surface area contributed by atoms with Crippen LogP contribution in [0.4, 0.5) is 0 Å². The molecule has 0 fully saturated rings. The monoisotopic (exact) mass is 224 g/mol. The van der Waals surface area contributed by atoms with E-state index in [1.807, 2.05) is 0 Å². The molecular weight excluding hydrogens is 208 g/mol. The number of hydrogen-bond acceptors (Lipinski definition) is 1. The molecule has 0 aliphatic heterocycles. The van der Waals surface area contributed by atoms with Gasteiger partial charge in [0.1, 0.15) is 5.82 Å². The molecule has 1 heterocycles. The fraction of sp³-hybridized carbons (Fsp3) is 0.133. The highest BCUT2D eigenvalue weighted by molar-refractivity contribution is 5.79. The quantitative estimate of drug-likeness (QED) is 0.662. The predicted molar refractivity (Wildman–Crippen MR) is 73.1 cm³/mol. The molecule has 3 aromatic rings. The number of imidazole rings is 1. The summed E-state index contributed by atoms with van der Waals surface area (Å²) in [6, 6.07) is 14.7. The van der Waals surface area contributed by atoms with Crippen molar-refractivity contribution in [3.63, 3.8) is 0 Å². The Bertz CT molecular complexity index is 669. The zero-order valence-corrected chi connectivity index (χ0v) is 9.99. The van der Waals surface area contributed by atoms with E-state index in [0.717, 1.165) is 22.4 Å². The molecule has 86 valence electrons. The molecule has 0 atom stereocenters. The lowest BCUT2D eigenvalue weighted by molar-refractivity contribution is 1.33. The Morgan fingerprint density at radius 2 is 1.65 bits per heavy atom. The smallest absolute Gasteiger partial charge is 0.138 e. The topological polar surface area (TPSA) is 28.7 Å². The summed E-state index contributed by atoms with van der Waals surface area (Å²) in [7, 11) is 0. The van der Waals surface area contributed by atoms with Crippen molar-refractivity contribution < 1.29 is 1.43 Å². The molecule has 0 spiro atoms. The third-order valence-electron chi connectivity index (χ3n) is 2.96. The van der Waals surface area contributed by atoms with E-state index in [2.05, 4.69) is 66.3 Å². The van der Waals surface area contributed by atoms with Gasteiger partial charge in [0, 0.05) is 6.99 Å². The van der Waals surface area contributed by atoms with Crippen molar-refractivity contribution in [1.82, 2.24) is 9.97 Å². The number of benzene rings is 2. The number of nitrogens with one attached hydrogen (secondary N) is 1. The number of aromatic amines is 1. The summed E-state index contributed by atoms with van der Waals surface area (Å²) in [4.78, 5) is 7.96. The summed E-state index contributed by atoms with van der Waals surface area (Å²) in [5.74, 6) is 0.936. The number of H-pyrrole nitrogens is 1. The Morgan fingerprint density at radius 3 is 2.41 bits per heavy atom. The minimum atomic E-state index is 0. The number of rotatable bonds is 1. The van der Waals surface area contributed by atoms with Crippen LogP contribution in [0.25, 0.3) is 22.4 Å². The van der Waals surface area contributed by atoms with Crippen molar-refractivity contribution in [3.8, 4) is 11.4 Å². The van der Waals surface area contributed by atoms with Crippen molar-refractivity contribution in [2.24, 2.45) is 0 Å². The van der Waals surface area contributed by atoms with Crippen LogP contribution in [-0.2, 0) is 0 Å². The van der Waals surface area contributed by atoms with Gasteiger partial charge in [0.05, 0.1) is 11.0 Å². The van der Waals surface area contributed by atoms with E-state index < -0.39 is 0 Å². The second-order valence-corrected chi connectivity index (χ2v) is 4.47. The normalized spacial score (nSPS) is 10.9. The Balaban J connectivity index is 0.00000120. The highest BCUT2D eigenvalue weighted by Gasteiger charge is 2.04. The second-order valence-electron chi connectivity index (χ2n) is 4.47. The summed E-state index contributed by atoms with van der Waals surface area (Å²) in [6.45, 7) is 4.18. The van der Waals surface area contributed by atoms with Gasteiger partial charge in [-0.1, -0.05) is 35.9 Å². The standard InChI is InChI=1S/C15H14N2.H2/c1-10-3-6-12(7-4-10)15-16-13-8-5-11(2)9-14(13)17-15;/h3-9H,1-2H3,(H,16,17);1H. The molecule has 1 aromatic heterocycles. The van der Waals surface area contributed by atoms with Gasteiger partial charge in [-0.25, -0.2) is 4.98 Å². The van der Waals surface area contributed by atoms with Crippen molar-refractivity contribution in [1.29, 1.82) is 0 Å². The van der Waals surface area contributed by atoms with Gasteiger partial charge in [0.15, 0.2) is 0 Å². The highest BCUT2D eigenvalue weighted by atomic mass is 14.9. The van der Waals surface area contributed by atoms with Crippen LogP contribution < -0.4 is 0 Å². The molecule has 2 nitrogen and oxygen atoms in total. The van der Waals surface area contributed by atoms with Crippen LogP contribution >= 0.6 is 0 Å². The van der Waals surface area contributed by atoms with E-state index in [4.69, 9.17) is 0 Å². The molecule has 3 rings (SSSR count). The van der Waals surface area contributed by atoms with Crippen molar-refractivity contribution in [2.45, 2.75) is 13.8 Å². The van der Waals surface area contributed by atoms with Gasteiger partial charge in [0.2, 0.25) is 0 Å². The van der Waals surface area contributed by atoms with Gasteiger partial charge in [0.25, 0.3) is 0 Å². The minimum Gasteiger partial charge on any atom is -0.338 e. The van der Waals surface area contributed by atoms with Gasteiger partial charge >= 0.3 is 0 Å². The maximum absolute atomic E-state index is 4.60. The van der Waals surface area contributed by atoms with Crippen LogP contribution in [0.1, 0.15) is 12.6 Å². The molecule has 0 radical (unpaired) electrons. The molecule has 1 N–H and O–H groups in total. The molecule has 17 heavy (non-hydrogen) atoms. The third-order valence-corrected chi connectivity index (χ3v) is 2.96. The summed E-state index contributed by atoms with van der Waals surface area (Å²) < 4.78 is 0. The van der Waals surface area contributed by atoms with Crippen LogP contribution in [0.15, 0.2) is 42.5 Å². The first kappa shape index (κ1) is 10.1. The van der Waals surface area contributed by atoms with Gasteiger partial charge < -0.3 is 4.98 Å². The second kappa shape index (κ2) is 3.74. The Labute approximate surface area is 102 Å². The average molecular weight is 224 g/mol. The summed E-state index contributed by atoms with van der Waals surface area (Å²) in [5.41, 5.74) is 5.76. The van der Waals surface area contributed by atoms with E-state index in [1.165, 1.54) is 11.1 Å². The van der Waals surface area contributed by atoms with Gasteiger partial charge in [-0.2, -0.15) is 0 Å². The molecule has 0 saturated carbocycles. The fourth-order valence-corrected chi connectivity index (χ4v) is 1.97. The molecule has 0 saturated heterocycles. The van der Waals surface area contributed by atoms with Crippen LogP contribution in [0.3, 0.4) is 0 Å². The first-order valence-electron chi connectivity index (χ1n) is 5.76. The number of aromatic nitrogens is 2. The first-order valence-corrected chi connectivity index (χ1v) is 5.76. The first-order chi connectivity index (χ1) is 8.22. The van der Waals surface area contributed by atoms with Crippen molar-refractivity contribution in [2.75, 3.05) is 0 Å². The van der Waals surface area contributed by atoms with Crippen LogP contribution in [0, 0.1) is 13.8 Å². The number of fused-ring (bicyclic) bond motifs is 1. The SMILES string of the molecule is Cc1ccc(-c2nc3ccc(C)cc3[nH]2)cc1.[HH].